The fourth-order valence-corrected chi connectivity index (χ4v) is 4.21. The molecule has 0 unspecified atom stereocenters. The molecule has 0 saturated carbocycles. The second-order valence-corrected chi connectivity index (χ2v) is 7.24. The quantitative estimate of drug-likeness (QED) is 0.836. The van der Waals surface area contributed by atoms with Crippen molar-refractivity contribution in [3.8, 4) is 0 Å². The number of rotatable bonds is 4. The molecule has 1 aliphatic rings. The van der Waals surface area contributed by atoms with Crippen LogP contribution in [0.15, 0.2) is 46.2 Å². The molecule has 2 N–H and O–H groups in total. The highest BCUT2D eigenvalue weighted by atomic mass is 35.5. The molecule has 0 atom stereocenters. The van der Waals surface area contributed by atoms with Gasteiger partial charge in [0.2, 0.25) is 0 Å². The van der Waals surface area contributed by atoms with Gasteiger partial charge in [-0.05, 0) is 51.3 Å². The van der Waals surface area contributed by atoms with Crippen LogP contribution in [-0.4, -0.2) is 32.1 Å². The fourth-order valence-electron chi connectivity index (χ4n) is 2.74. The second-order valence-electron chi connectivity index (χ2n) is 5.72. The van der Waals surface area contributed by atoms with Crippen LogP contribution in [0.25, 0.3) is 0 Å². The minimum absolute atomic E-state index is 0.691. The lowest BCUT2D eigenvalue weighted by Gasteiger charge is -2.34. The van der Waals surface area contributed by atoms with Gasteiger partial charge < -0.3 is 15.5 Å². The number of para-hydroxylation sites is 1. The molecule has 3 nitrogen and oxygen atoms in total. The number of nitrogen functional groups attached to an aromatic ring is 1. The molecule has 0 radical (unpaired) electrons. The molecule has 0 aromatic heterocycles. The van der Waals surface area contributed by atoms with E-state index >= 15 is 0 Å². The lowest BCUT2D eigenvalue weighted by Crippen LogP contribution is -2.26. The van der Waals surface area contributed by atoms with Gasteiger partial charge in [0.15, 0.2) is 0 Å². The topological polar surface area (TPSA) is 32.5 Å². The van der Waals surface area contributed by atoms with Crippen molar-refractivity contribution in [1.82, 2.24) is 4.90 Å². The highest BCUT2D eigenvalue weighted by Crippen LogP contribution is 2.51. The number of fused-ring (bicyclic) bond motifs is 2. The molecule has 0 amide bonds. The number of nitrogens with two attached hydrogens (primary N) is 1. The Labute approximate surface area is 141 Å². The lowest BCUT2D eigenvalue weighted by molar-refractivity contribution is 0.402. The van der Waals surface area contributed by atoms with Crippen molar-refractivity contribution in [3.05, 3.63) is 41.4 Å². The van der Waals surface area contributed by atoms with Gasteiger partial charge in [0.05, 0.1) is 17.1 Å². The summed E-state index contributed by atoms with van der Waals surface area (Å²) in [5.41, 5.74) is 9.34. The third-order valence-corrected chi connectivity index (χ3v) is 5.02. The van der Waals surface area contributed by atoms with Crippen molar-refractivity contribution in [1.29, 1.82) is 0 Å². The van der Waals surface area contributed by atoms with Crippen molar-refractivity contribution in [2.24, 2.45) is 0 Å². The molecule has 0 saturated heterocycles. The van der Waals surface area contributed by atoms with Crippen LogP contribution < -0.4 is 10.6 Å². The average Bonchev–Trinajstić information content (AvgIpc) is 2.45. The molecule has 2 aromatic rings. The number of nitrogens with zero attached hydrogens (tertiary/aromatic N) is 2. The number of hydrogen-bond acceptors (Lipinski definition) is 4. The number of halogens is 1. The first-order valence-electron chi connectivity index (χ1n) is 7.34. The Kier molecular flexibility index (Phi) is 4.52. The van der Waals surface area contributed by atoms with E-state index in [1.165, 1.54) is 10.6 Å². The fraction of sp³-hybridized carbons (Fsp3) is 0.294. The molecule has 22 heavy (non-hydrogen) atoms. The Bertz CT molecular complexity index is 688. The summed E-state index contributed by atoms with van der Waals surface area (Å²) in [7, 11) is 4.20. The number of benzene rings is 2. The van der Waals surface area contributed by atoms with E-state index in [-0.39, 0.29) is 0 Å². The van der Waals surface area contributed by atoms with Gasteiger partial charge in [-0.3, -0.25) is 0 Å². The van der Waals surface area contributed by atoms with Crippen molar-refractivity contribution >= 4 is 40.4 Å². The molecule has 116 valence electrons. The van der Waals surface area contributed by atoms with Gasteiger partial charge in [-0.1, -0.05) is 35.5 Å². The largest absolute Gasteiger partial charge is 0.397 e. The van der Waals surface area contributed by atoms with E-state index in [1.54, 1.807) is 11.8 Å². The predicted molar refractivity (Wildman–Crippen MR) is 96.6 cm³/mol. The zero-order chi connectivity index (χ0) is 15.7. The van der Waals surface area contributed by atoms with E-state index in [0.29, 0.717) is 5.02 Å². The molecule has 3 rings (SSSR count). The summed E-state index contributed by atoms with van der Waals surface area (Å²) in [6, 6.07) is 12.3. The molecule has 0 spiro atoms. The van der Waals surface area contributed by atoms with E-state index in [2.05, 4.69) is 48.2 Å². The van der Waals surface area contributed by atoms with E-state index in [0.717, 1.165) is 35.8 Å². The van der Waals surface area contributed by atoms with Gasteiger partial charge >= 0.3 is 0 Å². The molecular weight excluding hydrogens is 314 g/mol. The van der Waals surface area contributed by atoms with Crippen molar-refractivity contribution < 1.29 is 0 Å². The van der Waals surface area contributed by atoms with Crippen LogP contribution in [0.5, 0.6) is 0 Å². The maximum absolute atomic E-state index is 6.27. The number of hydrogen-bond donors (Lipinski definition) is 1. The molecule has 0 fully saturated rings. The lowest BCUT2D eigenvalue weighted by atomic mass is 10.2. The van der Waals surface area contributed by atoms with Crippen LogP contribution in [0.1, 0.15) is 6.42 Å². The second kappa shape index (κ2) is 6.41. The predicted octanol–water partition coefficient (Wildman–Crippen LogP) is 4.48. The van der Waals surface area contributed by atoms with Gasteiger partial charge in [0.25, 0.3) is 0 Å². The summed E-state index contributed by atoms with van der Waals surface area (Å²) in [5.74, 6) is 0. The highest BCUT2D eigenvalue weighted by Gasteiger charge is 2.25. The van der Waals surface area contributed by atoms with Crippen molar-refractivity contribution in [3.63, 3.8) is 0 Å². The summed E-state index contributed by atoms with van der Waals surface area (Å²) in [5, 5.41) is 0.691. The molecule has 0 aliphatic carbocycles. The van der Waals surface area contributed by atoms with Crippen LogP contribution in [0, 0.1) is 0 Å². The van der Waals surface area contributed by atoms with Crippen LogP contribution in [-0.2, 0) is 0 Å². The van der Waals surface area contributed by atoms with Crippen LogP contribution in [0.3, 0.4) is 0 Å². The Morgan fingerprint density at radius 3 is 2.73 bits per heavy atom. The molecule has 5 heteroatoms. The summed E-state index contributed by atoms with van der Waals surface area (Å²) >= 11 is 7.92. The van der Waals surface area contributed by atoms with Crippen LogP contribution in [0.4, 0.5) is 17.1 Å². The summed E-state index contributed by atoms with van der Waals surface area (Å²) in [4.78, 5) is 6.92. The Balaban J connectivity index is 2.00. The minimum atomic E-state index is 0.691. The summed E-state index contributed by atoms with van der Waals surface area (Å²) in [6.45, 7) is 1.99. The minimum Gasteiger partial charge on any atom is -0.397 e. The van der Waals surface area contributed by atoms with Crippen molar-refractivity contribution in [2.45, 2.75) is 16.2 Å². The first-order valence-corrected chi connectivity index (χ1v) is 8.54. The van der Waals surface area contributed by atoms with Gasteiger partial charge in [-0.2, -0.15) is 0 Å². The average molecular weight is 334 g/mol. The zero-order valence-corrected chi connectivity index (χ0v) is 14.4. The maximum atomic E-state index is 6.27. The monoisotopic (exact) mass is 333 g/mol. The van der Waals surface area contributed by atoms with E-state index in [1.807, 2.05) is 12.1 Å². The summed E-state index contributed by atoms with van der Waals surface area (Å²) < 4.78 is 0. The third-order valence-electron chi connectivity index (χ3n) is 3.70. The van der Waals surface area contributed by atoms with Gasteiger partial charge in [0, 0.05) is 21.4 Å². The van der Waals surface area contributed by atoms with Crippen LogP contribution >= 0.6 is 23.4 Å². The summed E-state index contributed by atoms with van der Waals surface area (Å²) in [6.07, 6.45) is 1.08. The van der Waals surface area contributed by atoms with Gasteiger partial charge in [-0.25, -0.2) is 0 Å². The van der Waals surface area contributed by atoms with Gasteiger partial charge in [0.1, 0.15) is 0 Å². The molecule has 1 aliphatic heterocycles. The first-order chi connectivity index (χ1) is 10.6. The maximum Gasteiger partial charge on any atom is 0.0787 e. The molecule has 1 heterocycles. The SMILES string of the molecule is CN(C)CCCN1c2ccccc2Sc2cc(Cl)cc(N)c21. The Hall–Kier alpha value is -1.36. The van der Waals surface area contributed by atoms with Gasteiger partial charge in [-0.15, -0.1) is 0 Å². The molecule has 2 aromatic carbocycles. The zero-order valence-electron chi connectivity index (χ0n) is 12.8. The normalized spacial score (nSPS) is 13.2. The van der Waals surface area contributed by atoms with E-state index < -0.39 is 0 Å². The standard InChI is InChI=1S/C17H20ClN3S/c1-20(2)8-5-9-21-14-6-3-4-7-15(14)22-16-11-12(18)10-13(19)17(16)21/h3-4,6-7,10-11H,5,8-9,19H2,1-2H3. The Morgan fingerprint density at radius 1 is 1.18 bits per heavy atom. The number of anilines is 3. The first kappa shape index (κ1) is 15.5. The smallest absolute Gasteiger partial charge is 0.0787 e. The molecule has 0 bridgehead atoms. The van der Waals surface area contributed by atoms with E-state index in [4.69, 9.17) is 17.3 Å². The molecular formula is C17H20ClN3S. The van der Waals surface area contributed by atoms with Crippen LogP contribution in [0.2, 0.25) is 5.02 Å². The third kappa shape index (κ3) is 3.05. The Morgan fingerprint density at radius 2 is 1.95 bits per heavy atom. The van der Waals surface area contributed by atoms with Crippen molar-refractivity contribution in [2.75, 3.05) is 37.8 Å². The van der Waals surface area contributed by atoms with E-state index in [9.17, 15) is 0 Å². The highest BCUT2D eigenvalue weighted by molar-refractivity contribution is 7.99.